The molecule has 0 saturated heterocycles. The molecule has 0 spiro atoms. The first-order valence-corrected chi connectivity index (χ1v) is 14.1. The average Bonchev–Trinajstić information content (AvgIpc) is 3.15. The molecule has 2 N–H and O–H groups in total. The minimum atomic E-state index is 0.219. The predicted molar refractivity (Wildman–Crippen MR) is 159 cm³/mol. The van der Waals surface area contributed by atoms with Crippen molar-refractivity contribution in [3.63, 3.8) is 0 Å². The zero-order valence-corrected chi connectivity index (χ0v) is 26.3. The number of fused-ring (bicyclic) bond motifs is 2. The Morgan fingerprint density at radius 1 is 0.500 bits per heavy atom. The van der Waals surface area contributed by atoms with Crippen LogP contribution >= 0.6 is 0 Å². The van der Waals surface area contributed by atoms with E-state index in [2.05, 4.69) is 122 Å². The highest BCUT2D eigenvalue weighted by Gasteiger charge is 2.46. The molecule has 2 heteroatoms. The fraction of sp³-hybridized carbons (Fsp3) is 0.647. The van der Waals surface area contributed by atoms with E-state index < -0.39 is 0 Å². The highest BCUT2D eigenvalue weighted by molar-refractivity contribution is 5.59. The van der Waals surface area contributed by atoms with E-state index in [0.29, 0.717) is 23.9 Å². The van der Waals surface area contributed by atoms with Crippen LogP contribution in [0.1, 0.15) is 120 Å². The lowest BCUT2D eigenvalue weighted by atomic mass is 9.76. The van der Waals surface area contributed by atoms with Crippen molar-refractivity contribution >= 4 is 0 Å². The molecular weight excluding hydrogens is 436 g/mol. The SMILES string of the molecule is CNC1C(C)c2c(C)c(C)c(C)c(C)c2C1(C)C.CNC1c2c(C)c(C)c(C)c(C)c2C(C)(C)C1C. The van der Waals surface area contributed by atoms with Gasteiger partial charge in [-0.3, -0.25) is 0 Å². The fourth-order valence-electron chi connectivity index (χ4n) is 8.15. The maximum absolute atomic E-state index is 3.54. The molecule has 0 bridgehead atoms. The Bertz CT molecular complexity index is 1180. The van der Waals surface area contributed by atoms with Gasteiger partial charge < -0.3 is 10.6 Å². The van der Waals surface area contributed by atoms with Crippen molar-refractivity contribution in [1.82, 2.24) is 10.6 Å². The van der Waals surface area contributed by atoms with Gasteiger partial charge in [0.1, 0.15) is 0 Å². The Hall–Kier alpha value is -1.64. The Labute approximate surface area is 223 Å². The second-order valence-electron chi connectivity index (χ2n) is 13.1. The van der Waals surface area contributed by atoms with E-state index in [1.165, 1.54) is 44.5 Å². The minimum Gasteiger partial charge on any atom is -0.316 e. The number of hydrogen-bond donors (Lipinski definition) is 2. The molecule has 0 amide bonds. The maximum Gasteiger partial charge on any atom is 0.0357 e. The van der Waals surface area contributed by atoms with E-state index in [1.54, 1.807) is 22.3 Å². The van der Waals surface area contributed by atoms with Crippen LogP contribution in [0.15, 0.2) is 0 Å². The normalized spacial score (nSPS) is 25.3. The molecule has 0 aliphatic heterocycles. The molecule has 36 heavy (non-hydrogen) atoms. The second kappa shape index (κ2) is 9.59. The van der Waals surface area contributed by atoms with Gasteiger partial charge in [0.05, 0.1) is 0 Å². The molecule has 2 aromatic rings. The second-order valence-corrected chi connectivity index (χ2v) is 13.1. The first-order chi connectivity index (χ1) is 16.5. The lowest BCUT2D eigenvalue weighted by Crippen LogP contribution is -2.41. The fourth-order valence-corrected chi connectivity index (χ4v) is 8.15. The highest BCUT2D eigenvalue weighted by Crippen LogP contribution is 2.53. The van der Waals surface area contributed by atoms with Crippen LogP contribution in [0.2, 0.25) is 0 Å². The van der Waals surface area contributed by atoms with Crippen LogP contribution in [-0.4, -0.2) is 20.1 Å². The number of benzene rings is 2. The van der Waals surface area contributed by atoms with Gasteiger partial charge in [-0.2, -0.15) is 0 Å². The quantitative estimate of drug-likeness (QED) is 0.445. The summed E-state index contributed by atoms with van der Waals surface area (Å²) in [6.45, 7) is 32.6. The van der Waals surface area contributed by atoms with Crippen molar-refractivity contribution in [2.24, 2.45) is 5.92 Å². The Kier molecular flexibility index (Phi) is 7.70. The standard InChI is InChI=1S/2C17H27N/c1-9-10(2)12(4)15-14(11(9)3)16(18-8)13(5)17(15,6)7;1-9-10(2)12(4)15-14(11(9)3)13(5)16(18-8)17(15,6)7/h2*13,16,18H,1-8H3. The average molecular weight is 491 g/mol. The molecule has 2 aromatic carbocycles. The van der Waals surface area contributed by atoms with Crippen molar-refractivity contribution in [1.29, 1.82) is 0 Å². The largest absolute Gasteiger partial charge is 0.316 e. The molecule has 4 rings (SSSR count). The summed E-state index contributed by atoms with van der Waals surface area (Å²) in [4.78, 5) is 0. The first kappa shape index (κ1) is 28.9. The smallest absolute Gasteiger partial charge is 0.0357 e. The third-order valence-corrected chi connectivity index (χ3v) is 11.1. The number of rotatable bonds is 2. The summed E-state index contributed by atoms with van der Waals surface area (Å²) in [5, 5.41) is 7.08. The zero-order chi connectivity index (χ0) is 27.7. The monoisotopic (exact) mass is 490 g/mol. The molecule has 0 radical (unpaired) electrons. The van der Waals surface area contributed by atoms with E-state index >= 15 is 0 Å². The lowest BCUT2D eigenvalue weighted by molar-refractivity contribution is 0.307. The van der Waals surface area contributed by atoms with E-state index in [9.17, 15) is 0 Å². The van der Waals surface area contributed by atoms with Crippen LogP contribution in [0.3, 0.4) is 0 Å². The Morgan fingerprint density at radius 2 is 0.889 bits per heavy atom. The topological polar surface area (TPSA) is 24.1 Å². The molecule has 200 valence electrons. The molecule has 0 saturated carbocycles. The molecule has 0 fully saturated rings. The number of hydrogen-bond acceptors (Lipinski definition) is 2. The van der Waals surface area contributed by atoms with Gasteiger partial charge in [0.15, 0.2) is 0 Å². The summed E-state index contributed by atoms with van der Waals surface area (Å²) in [6, 6.07) is 1.03. The zero-order valence-electron chi connectivity index (χ0n) is 26.3. The van der Waals surface area contributed by atoms with Crippen LogP contribution in [-0.2, 0) is 10.8 Å². The summed E-state index contributed by atoms with van der Waals surface area (Å²) in [5.41, 5.74) is 18.7. The molecule has 2 nitrogen and oxygen atoms in total. The van der Waals surface area contributed by atoms with E-state index in [4.69, 9.17) is 0 Å². The summed E-state index contributed by atoms with van der Waals surface area (Å²) < 4.78 is 0. The molecule has 0 aromatic heterocycles. The Morgan fingerprint density at radius 3 is 1.31 bits per heavy atom. The third-order valence-electron chi connectivity index (χ3n) is 11.1. The van der Waals surface area contributed by atoms with Gasteiger partial charge in [-0.05, 0) is 153 Å². The third kappa shape index (κ3) is 3.90. The van der Waals surface area contributed by atoms with E-state index in [1.807, 2.05) is 0 Å². The number of likely N-dealkylation sites (N-methyl/N-ethyl adjacent to an activating group) is 1. The van der Waals surface area contributed by atoms with Crippen LogP contribution in [0.4, 0.5) is 0 Å². The molecule has 4 atom stereocenters. The van der Waals surface area contributed by atoms with Crippen molar-refractivity contribution in [3.8, 4) is 0 Å². The van der Waals surface area contributed by atoms with E-state index in [0.717, 1.165) is 0 Å². The molecular formula is C34H54N2. The molecule has 0 heterocycles. The summed E-state index contributed by atoms with van der Waals surface area (Å²) in [7, 11) is 4.19. The summed E-state index contributed by atoms with van der Waals surface area (Å²) >= 11 is 0. The molecule has 2 aliphatic rings. The van der Waals surface area contributed by atoms with Crippen molar-refractivity contribution < 1.29 is 0 Å². The van der Waals surface area contributed by atoms with Crippen LogP contribution in [0.25, 0.3) is 0 Å². The minimum absolute atomic E-state index is 0.219. The van der Waals surface area contributed by atoms with Crippen LogP contribution in [0.5, 0.6) is 0 Å². The maximum atomic E-state index is 3.54. The van der Waals surface area contributed by atoms with Crippen molar-refractivity contribution in [2.75, 3.05) is 14.1 Å². The van der Waals surface area contributed by atoms with Crippen LogP contribution in [0, 0.1) is 61.3 Å². The Balaban J connectivity index is 0.000000201. The molecule has 4 unspecified atom stereocenters. The predicted octanol–water partition coefficient (Wildman–Crippen LogP) is 8.01. The van der Waals surface area contributed by atoms with Crippen molar-refractivity contribution in [2.45, 2.75) is 126 Å². The van der Waals surface area contributed by atoms with Gasteiger partial charge >= 0.3 is 0 Å². The summed E-state index contributed by atoms with van der Waals surface area (Å²) in [6.07, 6.45) is 0. The van der Waals surface area contributed by atoms with Gasteiger partial charge in [-0.15, -0.1) is 0 Å². The van der Waals surface area contributed by atoms with Gasteiger partial charge in [-0.1, -0.05) is 41.5 Å². The van der Waals surface area contributed by atoms with Gasteiger partial charge in [-0.25, -0.2) is 0 Å². The summed E-state index contributed by atoms with van der Waals surface area (Å²) in [5.74, 6) is 1.23. The van der Waals surface area contributed by atoms with Crippen molar-refractivity contribution in [3.05, 3.63) is 66.8 Å². The first-order valence-electron chi connectivity index (χ1n) is 14.1. The lowest BCUT2D eigenvalue weighted by Gasteiger charge is -2.31. The highest BCUT2D eigenvalue weighted by atomic mass is 14.9. The number of nitrogens with one attached hydrogen (secondary N) is 2. The molecule has 2 aliphatic carbocycles. The van der Waals surface area contributed by atoms with Gasteiger partial charge in [0.25, 0.3) is 0 Å². The van der Waals surface area contributed by atoms with Gasteiger partial charge in [0, 0.05) is 17.5 Å². The van der Waals surface area contributed by atoms with E-state index in [-0.39, 0.29) is 10.8 Å². The van der Waals surface area contributed by atoms with Gasteiger partial charge in [0.2, 0.25) is 0 Å². The van der Waals surface area contributed by atoms with Crippen LogP contribution < -0.4 is 10.6 Å².